The Labute approximate surface area is 158 Å². The van der Waals surface area contributed by atoms with Gasteiger partial charge in [-0.25, -0.2) is 4.98 Å². The smallest absolute Gasteiger partial charge is 0.230 e. The summed E-state index contributed by atoms with van der Waals surface area (Å²) in [7, 11) is 1.62. The summed E-state index contributed by atoms with van der Waals surface area (Å²) in [6, 6.07) is 7.50. The zero-order valence-electron chi connectivity index (χ0n) is 15.4. The van der Waals surface area contributed by atoms with E-state index < -0.39 is 0 Å². The van der Waals surface area contributed by atoms with Crippen molar-refractivity contribution in [2.75, 3.05) is 25.5 Å². The first-order chi connectivity index (χ1) is 12.5. The van der Waals surface area contributed by atoms with Gasteiger partial charge in [0.1, 0.15) is 5.75 Å². The molecule has 2 heterocycles. The highest BCUT2D eigenvalue weighted by atomic mass is 32.1. The van der Waals surface area contributed by atoms with Gasteiger partial charge in [0, 0.05) is 25.0 Å². The zero-order chi connectivity index (χ0) is 18.5. The quantitative estimate of drug-likeness (QED) is 0.841. The lowest BCUT2D eigenvalue weighted by atomic mass is 10.1. The van der Waals surface area contributed by atoms with E-state index in [0.29, 0.717) is 11.6 Å². The van der Waals surface area contributed by atoms with Gasteiger partial charge in [0.2, 0.25) is 5.91 Å². The molecule has 6 nitrogen and oxygen atoms in total. The van der Waals surface area contributed by atoms with E-state index >= 15 is 0 Å². The van der Waals surface area contributed by atoms with Crippen LogP contribution < -0.4 is 10.1 Å². The van der Waals surface area contributed by atoms with Gasteiger partial charge in [-0.2, -0.15) is 0 Å². The van der Waals surface area contributed by atoms with Gasteiger partial charge >= 0.3 is 0 Å². The summed E-state index contributed by atoms with van der Waals surface area (Å²) in [6.07, 6.45) is 0.791. The summed E-state index contributed by atoms with van der Waals surface area (Å²) >= 11 is 1.46. The zero-order valence-corrected chi connectivity index (χ0v) is 16.2. The summed E-state index contributed by atoms with van der Waals surface area (Å²) in [5, 5.41) is 5.54. The first-order valence-electron chi connectivity index (χ1n) is 8.77. The van der Waals surface area contributed by atoms with Crippen LogP contribution in [-0.2, 0) is 22.5 Å². The second-order valence-corrected chi connectivity index (χ2v) is 7.53. The van der Waals surface area contributed by atoms with Crippen molar-refractivity contribution < 1.29 is 14.3 Å². The molecule has 1 amide bonds. The van der Waals surface area contributed by atoms with Crippen molar-refractivity contribution in [3.63, 3.8) is 0 Å². The molecule has 1 N–H and O–H groups in total. The number of ether oxygens (including phenoxy) is 2. The van der Waals surface area contributed by atoms with E-state index in [1.54, 1.807) is 7.11 Å². The van der Waals surface area contributed by atoms with E-state index in [9.17, 15) is 4.79 Å². The van der Waals surface area contributed by atoms with Crippen LogP contribution in [-0.4, -0.2) is 48.2 Å². The number of morpholine rings is 1. The van der Waals surface area contributed by atoms with Crippen molar-refractivity contribution in [2.24, 2.45) is 0 Å². The number of anilines is 1. The standard InChI is InChI=1S/C19H25N3O3S/c1-13-9-22(10-14(2)25-13)11-16-12-26-19(20-16)21-18(23)8-15-4-6-17(24-3)7-5-15/h4-7,12-14H,8-11H2,1-3H3,(H,20,21,23). The van der Waals surface area contributed by atoms with E-state index in [1.807, 2.05) is 29.6 Å². The Morgan fingerprint density at radius 1 is 1.31 bits per heavy atom. The van der Waals surface area contributed by atoms with Crippen LogP contribution in [0.5, 0.6) is 5.75 Å². The maximum absolute atomic E-state index is 12.2. The van der Waals surface area contributed by atoms with Gasteiger partial charge in [-0.1, -0.05) is 12.1 Å². The van der Waals surface area contributed by atoms with Crippen molar-refractivity contribution in [2.45, 2.75) is 39.0 Å². The average Bonchev–Trinajstić information content (AvgIpc) is 3.01. The van der Waals surface area contributed by atoms with Crippen molar-refractivity contribution in [3.05, 3.63) is 40.9 Å². The topological polar surface area (TPSA) is 63.7 Å². The first kappa shape index (κ1) is 18.8. The molecule has 1 aromatic heterocycles. The lowest BCUT2D eigenvalue weighted by Gasteiger charge is -2.34. The molecule has 0 saturated carbocycles. The van der Waals surface area contributed by atoms with Crippen molar-refractivity contribution in [1.29, 1.82) is 0 Å². The Bertz CT molecular complexity index is 722. The first-order valence-corrected chi connectivity index (χ1v) is 9.65. The molecular weight excluding hydrogens is 350 g/mol. The van der Waals surface area contributed by atoms with E-state index in [0.717, 1.165) is 36.6 Å². The van der Waals surface area contributed by atoms with Crippen LogP contribution in [0.1, 0.15) is 25.1 Å². The van der Waals surface area contributed by atoms with Crippen LogP contribution in [0, 0.1) is 0 Å². The van der Waals surface area contributed by atoms with Crippen LogP contribution in [0.15, 0.2) is 29.6 Å². The normalized spacial score (nSPS) is 20.7. The van der Waals surface area contributed by atoms with Gasteiger partial charge < -0.3 is 14.8 Å². The minimum absolute atomic E-state index is 0.0651. The van der Waals surface area contributed by atoms with Crippen molar-refractivity contribution in [3.8, 4) is 5.75 Å². The molecule has 0 radical (unpaired) electrons. The molecule has 2 aromatic rings. The SMILES string of the molecule is COc1ccc(CC(=O)Nc2nc(CN3CC(C)OC(C)C3)cs2)cc1. The molecule has 2 unspecified atom stereocenters. The van der Waals surface area contributed by atoms with Gasteiger partial charge in [0.15, 0.2) is 5.13 Å². The predicted molar refractivity (Wildman–Crippen MR) is 103 cm³/mol. The number of thiazole rings is 1. The van der Waals surface area contributed by atoms with Crippen molar-refractivity contribution >= 4 is 22.4 Å². The molecule has 26 heavy (non-hydrogen) atoms. The highest BCUT2D eigenvalue weighted by Gasteiger charge is 2.22. The summed E-state index contributed by atoms with van der Waals surface area (Å²) in [6.45, 7) is 6.77. The summed E-state index contributed by atoms with van der Waals surface area (Å²) in [5.74, 6) is 0.718. The lowest BCUT2D eigenvalue weighted by molar-refractivity contribution is -0.115. The molecule has 1 aromatic carbocycles. The number of rotatable bonds is 6. The number of nitrogens with zero attached hydrogens (tertiary/aromatic N) is 2. The largest absolute Gasteiger partial charge is 0.497 e. The number of hydrogen-bond donors (Lipinski definition) is 1. The van der Waals surface area contributed by atoms with E-state index in [1.165, 1.54) is 11.3 Å². The minimum Gasteiger partial charge on any atom is -0.497 e. The molecule has 1 aliphatic rings. The average molecular weight is 375 g/mol. The highest BCUT2D eigenvalue weighted by molar-refractivity contribution is 7.13. The van der Waals surface area contributed by atoms with Crippen LogP contribution in [0.3, 0.4) is 0 Å². The Kier molecular flexibility index (Phi) is 6.24. The van der Waals surface area contributed by atoms with E-state index in [-0.39, 0.29) is 18.1 Å². The molecule has 1 saturated heterocycles. The molecule has 2 atom stereocenters. The number of amides is 1. The number of hydrogen-bond acceptors (Lipinski definition) is 6. The number of carbonyl (C=O) groups excluding carboxylic acids is 1. The van der Waals surface area contributed by atoms with Crippen LogP contribution in [0.4, 0.5) is 5.13 Å². The Hall–Kier alpha value is -1.96. The monoisotopic (exact) mass is 375 g/mol. The summed E-state index contributed by atoms with van der Waals surface area (Å²) in [5.41, 5.74) is 1.92. The third kappa shape index (κ3) is 5.27. The second kappa shape index (κ2) is 8.62. The fraction of sp³-hybridized carbons (Fsp3) is 0.474. The van der Waals surface area contributed by atoms with Crippen molar-refractivity contribution in [1.82, 2.24) is 9.88 Å². The fourth-order valence-corrected chi connectivity index (χ4v) is 3.89. The van der Waals surface area contributed by atoms with Crippen LogP contribution in [0.2, 0.25) is 0 Å². The number of carbonyl (C=O) groups is 1. The molecule has 1 aliphatic heterocycles. The lowest BCUT2D eigenvalue weighted by Crippen LogP contribution is -2.44. The van der Waals surface area contributed by atoms with E-state index in [4.69, 9.17) is 9.47 Å². The minimum atomic E-state index is -0.0651. The maximum Gasteiger partial charge on any atom is 0.230 e. The second-order valence-electron chi connectivity index (χ2n) is 6.67. The number of aromatic nitrogens is 1. The number of nitrogens with one attached hydrogen (secondary N) is 1. The third-order valence-electron chi connectivity index (χ3n) is 4.20. The third-order valence-corrected chi connectivity index (χ3v) is 5.01. The summed E-state index contributed by atoms with van der Waals surface area (Å²) in [4.78, 5) is 19.1. The highest BCUT2D eigenvalue weighted by Crippen LogP contribution is 2.20. The maximum atomic E-state index is 12.2. The summed E-state index contributed by atoms with van der Waals surface area (Å²) < 4.78 is 10.9. The number of benzene rings is 1. The van der Waals surface area contributed by atoms with Gasteiger partial charge in [-0.05, 0) is 31.5 Å². The predicted octanol–water partition coefficient (Wildman–Crippen LogP) is 2.94. The molecule has 140 valence electrons. The van der Waals surface area contributed by atoms with Gasteiger partial charge in [0.05, 0.1) is 31.4 Å². The Balaban J connectivity index is 1.51. The van der Waals surface area contributed by atoms with Crippen LogP contribution >= 0.6 is 11.3 Å². The molecule has 0 spiro atoms. The Morgan fingerprint density at radius 3 is 2.65 bits per heavy atom. The van der Waals surface area contributed by atoms with Crippen LogP contribution in [0.25, 0.3) is 0 Å². The van der Waals surface area contributed by atoms with Gasteiger partial charge in [-0.3, -0.25) is 9.69 Å². The Morgan fingerprint density at radius 2 is 2.00 bits per heavy atom. The molecule has 0 bridgehead atoms. The van der Waals surface area contributed by atoms with E-state index in [2.05, 4.69) is 29.0 Å². The molecule has 7 heteroatoms. The van der Waals surface area contributed by atoms with Gasteiger partial charge in [0.25, 0.3) is 0 Å². The fourth-order valence-electron chi connectivity index (χ4n) is 3.17. The molecule has 3 rings (SSSR count). The van der Waals surface area contributed by atoms with Gasteiger partial charge in [-0.15, -0.1) is 11.3 Å². The number of methoxy groups -OCH3 is 1. The molecule has 0 aliphatic carbocycles. The molecule has 1 fully saturated rings. The molecular formula is C19H25N3O3S.